The summed E-state index contributed by atoms with van der Waals surface area (Å²) < 4.78 is 15.9. The van der Waals surface area contributed by atoms with Crippen LogP contribution in [-0.2, 0) is 23.8 Å². The van der Waals surface area contributed by atoms with Crippen molar-refractivity contribution in [3.63, 3.8) is 0 Å². The molecule has 2 aliphatic rings. The molecule has 1 saturated carbocycles. The first-order valence-corrected chi connectivity index (χ1v) is 7.75. The van der Waals surface area contributed by atoms with Gasteiger partial charge >= 0.3 is 5.97 Å². The zero-order valence-electron chi connectivity index (χ0n) is 12.9. The van der Waals surface area contributed by atoms with Crippen molar-refractivity contribution in [3.05, 3.63) is 11.8 Å². The number of ketones is 1. The molecule has 1 aliphatic heterocycles. The van der Waals surface area contributed by atoms with E-state index in [1.807, 2.05) is 6.92 Å². The fourth-order valence-electron chi connectivity index (χ4n) is 3.35. The highest BCUT2D eigenvalue weighted by Crippen LogP contribution is 2.44. The van der Waals surface area contributed by atoms with Gasteiger partial charge < -0.3 is 14.2 Å². The fourth-order valence-corrected chi connectivity index (χ4v) is 3.35. The van der Waals surface area contributed by atoms with E-state index in [1.54, 1.807) is 0 Å². The van der Waals surface area contributed by atoms with Crippen molar-refractivity contribution in [1.29, 1.82) is 0 Å². The number of hydrogen-bond acceptors (Lipinski definition) is 5. The van der Waals surface area contributed by atoms with Crippen LogP contribution >= 0.6 is 0 Å². The minimum Gasteiger partial charge on any atom is -0.471 e. The van der Waals surface area contributed by atoms with Crippen molar-refractivity contribution in [3.8, 4) is 0 Å². The maximum Gasteiger partial charge on any atom is 0.373 e. The molecule has 0 bridgehead atoms. The van der Waals surface area contributed by atoms with Gasteiger partial charge in [-0.1, -0.05) is 12.8 Å². The Kier molecular flexibility index (Phi) is 5.39. The summed E-state index contributed by atoms with van der Waals surface area (Å²) in [4.78, 5) is 24.2. The van der Waals surface area contributed by atoms with Crippen molar-refractivity contribution in [2.24, 2.45) is 5.92 Å². The van der Waals surface area contributed by atoms with Crippen LogP contribution in [0.2, 0.25) is 0 Å². The molecule has 2 rings (SSSR count). The van der Waals surface area contributed by atoms with Crippen LogP contribution in [0.3, 0.4) is 0 Å². The minimum absolute atomic E-state index is 0.0470. The predicted molar refractivity (Wildman–Crippen MR) is 76.6 cm³/mol. The minimum atomic E-state index is -0.878. The second-order valence-corrected chi connectivity index (χ2v) is 5.64. The van der Waals surface area contributed by atoms with Gasteiger partial charge in [0.05, 0.1) is 7.11 Å². The molecule has 21 heavy (non-hydrogen) atoms. The summed E-state index contributed by atoms with van der Waals surface area (Å²) in [5.74, 6) is -0.435. The van der Waals surface area contributed by atoms with E-state index >= 15 is 0 Å². The molecule has 5 heteroatoms. The summed E-state index contributed by atoms with van der Waals surface area (Å²) >= 11 is 0. The first-order valence-electron chi connectivity index (χ1n) is 7.75. The van der Waals surface area contributed by atoms with E-state index in [4.69, 9.17) is 9.47 Å². The molecule has 1 unspecified atom stereocenters. The van der Waals surface area contributed by atoms with Gasteiger partial charge in [-0.25, -0.2) is 4.79 Å². The summed E-state index contributed by atoms with van der Waals surface area (Å²) in [6.07, 6.45) is 6.83. The Hall–Kier alpha value is -1.36. The Balaban J connectivity index is 2.10. The lowest BCUT2D eigenvalue weighted by Gasteiger charge is -2.33. The third-order valence-corrected chi connectivity index (χ3v) is 4.41. The monoisotopic (exact) mass is 296 g/mol. The molecule has 0 aromatic heterocycles. The Bertz CT molecular complexity index is 422. The van der Waals surface area contributed by atoms with E-state index < -0.39 is 11.6 Å². The lowest BCUT2D eigenvalue weighted by molar-refractivity contribution is -0.148. The smallest absolute Gasteiger partial charge is 0.373 e. The lowest BCUT2D eigenvalue weighted by Crippen LogP contribution is -2.44. The van der Waals surface area contributed by atoms with Crippen LogP contribution in [0.1, 0.15) is 45.4 Å². The fraction of sp³-hybridized carbons (Fsp3) is 0.750. The molecule has 0 radical (unpaired) electrons. The highest BCUT2D eigenvalue weighted by molar-refractivity contribution is 6.06. The molecule has 0 amide bonds. The summed E-state index contributed by atoms with van der Waals surface area (Å²) in [6.45, 7) is 3.22. The van der Waals surface area contributed by atoms with E-state index in [0.29, 0.717) is 19.6 Å². The molecule has 1 fully saturated rings. The van der Waals surface area contributed by atoms with Crippen molar-refractivity contribution < 1.29 is 23.8 Å². The SMILES string of the molecule is CCOCCCC1(C2CCCC2)OC(C(=O)OC)=CC1=O. The van der Waals surface area contributed by atoms with Crippen molar-refractivity contribution >= 4 is 11.8 Å². The highest BCUT2D eigenvalue weighted by atomic mass is 16.6. The highest BCUT2D eigenvalue weighted by Gasteiger charge is 2.52. The van der Waals surface area contributed by atoms with Crippen LogP contribution in [0.15, 0.2) is 11.8 Å². The topological polar surface area (TPSA) is 61.8 Å². The van der Waals surface area contributed by atoms with Crippen LogP contribution in [0.5, 0.6) is 0 Å². The summed E-state index contributed by atoms with van der Waals surface area (Å²) in [5.41, 5.74) is -0.878. The summed E-state index contributed by atoms with van der Waals surface area (Å²) in [7, 11) is 1.29. The number of ether oxygens (including phenoxy) is 3. The quantitative estimate of drug-likeness (QED) is 0.533. The van der Waals surface area contributed by atoms with E-state index in [-0.39, 0.29) is 17.5 Å². The zero-order chi connectivity index (χ0) is 15.3. The largest absolute Gasteiger partial charge is 0.471 e. The average Bonchev–Trinajstić information content (AvgIpc) is 3.12. The van der Waals surface area contributed by atoms with Crippen LogP contribution in [0.25, 0.3) is 0 Å². The maximum absolute atomic E-state index is 12.5. The second kappa shape index (κ2) is 7.07. The van der Waals surface area contributed by atoms with Gasteiger partial charge in [0, 0.05) is 25.2 Å². The van der Waals surface area contributed by atoms with Gasteiger partial charge in [-0.05, 0) is 32.6 Å². The Labute approximate surface area is 125 Å². The molecule has 0 spiro atoms. The van der Waals surface area contributed by atoms with Gasteiger partial charge in [0.15, 0.2) is 5.60 Å². The van der Waals surface area contributed by atoms with Crippen LogP contribution in [0.4, 0.5) is 0 Å². The molecule has 1 heterocycles. The molecule has 0 aromatic carbocycles. The first kappa shape index (κ1) is 16.0. The number of carbonyl (C=O) groups is 2. The Morgan fingerprint density at radius 2 is 2.14 bits per heavy atom. The molecular formula is C16H24O5. The molecule has 5 nitrogen and oxygen atoms in total. The third-order valence-electron chi connectivity index (χ3n) is 4.41. The number of rotatable bonds is 7. The molecule has 0 aromatic rings. The van der Waals surface area contributed by atoms with Gasteiger partial charge in [-0.3, -0.25) is 4.79 Å². The molecule has 118 valence electrons. The number of methoxy groups -OCH3 is 1. The summed E-state index contributed by atoms with van der Waals surface area (Å²) in [6, 6.07) is 0. The van der Waals surface area contributed by atoms with Gasteiger partial charge in [-0.2, -0.15) is 0 Å². The maximum atomic E-state index is 12.5. The lowest BCUT2D eigenvalue weighted by atomic mass is 9.79. The van der Waals surface area contributed by atoms with Gasteiger partial charge in [0.2, 0.25) is 11.5 Å². The standard InChI is InChI=1S/C16H24O5/c1-3-20-10-6-9-16(12-7-4-5-8-12)14(17)11-13(21-16)15(18)19-2/h11-12H,3-10H2,1-2H3. The van der Waals surface area contributed by atoms with E-state index in [2.05, 4.69) is 4.74 Å². The van der Waals surface area contributed by atoms with Crippen molar-refractivity contribution in [2.45, 2.75) is 51.0 Å². The molecule has 1 aliphatic carbocycles. The van der Waals surface area contributed by atoms with E-state index in [9.17, 15) is 9.59 Å². The molecule has 0 saturated heterocycles. The van der Waals surface area contributed by atoms with Crippen LogP contribution in [-0.4, -0.2) is 37.7 Å². The molecule has 0 N–H and O–H groups in total. The third kappa shape index (κ3) is 3.28. The van der Waals surface area contributed by atoms with E-state index in [1.165, 1.54) is 13.2 Å². The van der Waals surface area contributed by atoms with Gasteiger partial charge in [0.25, 0.3) is 0 Å². The Morgan fingerprint density at radius 3 is 2.76 bits per heavy atom. The Morgan fingerprint density at radius 1 is 1.43 bits per heavy atom. The number of esters is 1. The average molecular weight is 296 g/mol. The number of hydrogen-bond donors (Lipinski definition) is 0. The molecule has 1 atom stereocenters. The van der Waals surface area contributed by atoms with Crippen molar-refractivity contribution in [1.82, 2.24) is 0 Å². The van der Waals surface area contributed by atoms with Gasteiger partial charge in [-0.15, -0.1) is 0 Å². The predicted octanol–water partition coefficient (Wildman–Crippen LogP) is 2.39. The first-order chi connectivity index (χ1) is 10.1. The number of carbonyl (C=O) groups excluding carboxylic acids is 2. The normalized spacial score (nSPS) is 25.8. The van der Waals surface area contributed by atoms with Crippen LogP contribution < -0.4 is 0 Å². The zero-order valence-corrected chi connectivity index (χ0v) is 12.9. The van der Waals surface area contributed by atoms with Gasteiger partial charge in [0.1, 0.15) is 0 Å². The van der Waals surface area contributed by atoms with Crippen LogP contribution in [0, 0.1) is 5.92 Å². The van der Waals surface area contributed by atoms with E-state index in [0.717, 1.165) is 32.1 Å². The molecular weight excluding hydrogens is 272 g/mol. The summed E-state index contributed by atoms with van der Waals surface area (Å²) in [5, 5.41) is 0. The second-order valence-electron chi connectivity index (χ2n) is 5.64. The van der Waals surface area contributed by atoms with Crippen molar-refractivity contribution in [2.75, 3.05) is 20.3 Å².